The number of ether oxygens (including phenoxy) is 1. The second kappa shape index (κ2) is 6.97. The van der Waals surface area contributed by atoms with Crippen molar-refractivity contribution in [1.82, 2.24) is 4.98 Å². The summed E-state index contributed by atoms with van der Waals surface area (Å²) in [4.78, 5) is 26.2. The normalized spacial score (nSPS) is 11.0. The van der Waals surface area contributed by atoms with Crippen LogP contribution in [0.5, 0.6) is 0 Å². The molecule has 1 aromatic carbocycles. The molecule has 9 heteroatoms. The van der Waals surface area contributed by atoms with Gasteiger partial charge in [-0.3, -0.25) is 4.79 Å². The molecule has 0 atom stereocenters. The van der Waals surface area contributed by atoms with Gasteiger partial charge in [-0.1, -0.05) is 0 Å². The third-order valence-corrected chi connectivity index (χ3v) is 4.35. The maximum absolute atomic E-state index is 11.7. The van der Waals surface area contributed by atoms with E-state index in [0.717, 1.165) is 6.26 Å². The number of esters is 1. The molecule has 0 radical (unpaired) electrons. The number of hydrogen-bond donors (Lipinski definition) is 2. The highest BCUT2D eigenvalue weighted by Crippen LogP contribution is 2.14. The van der Waals surface area contributed by atoms with Gasteiger partial charge in [0.1, 0.15) is 5.69 Å². The summed E-state index contributed by atoms with van der Waals surface area (Å²) >= 11 is 3.18. The molecule has 2 aromatic rings. The number of anilines is 1. The van der Waals surface area contributed by atoms with Gasteiger partial charge in [-0.15, -0.1) is 0 Å². The van der Waals surface area contributed by atoms with Gasteiger partial charge < -0.3 is 15.0 Å². The van der Waals surface area contributed by atoms with Gasteiger partial charge in [-0.25, -0.2) is 13.2 Å². The van der Waals surface area contributed by atoms with Crippen molar-refractivity contribution in [3.05, 3.63) is 46.7 Å². The van der Waals surface area contributed by atoms with E-state index in [2.05, 4.69) is 26.2 Å². The average molecular weight is 401 g/mol. The lowest BCUT2D eigenvalue weighted by Gasteiger charge is -2.06. The van der Waals surface area contributed by atoms with E-state index in [1.54, 1.807) is 6.20 Å². The summed E-state index contributed by atoms with van der Waals surface area (Å²) in [7, 11) is -3.29. The molecule has 2 N–H and O–H groups in total. The van der Waals surface area contributed by atoms with Crippen LogP contribution in [-0.4, -0.2) is 38.1 Å². The van der Waals surface area contributed by atoms with Crippen molar-refractivity contribution in [3.63, 3.8) is 0 Å². The van der Waals surface area contributed by atoms with Crippen LogP contribution in [0.4, 0.5) is 5.69 Å². The summed E-state index contributed by atoms with van der Waals surface area (Å²) in [6.07, 6.45) is 2.67. The fourth-order valence-corrected chi connectivity index (χ4v) is 2.65. The lowest BCUT2D eigenvalue weighted by atomic mass is 10.3. The van der Waals surface area contributed by atoms with Gasteiger partial charge in [-0.2, -0.15) is 0 Å². The van der Waals surface area contributed by atoms with Crippen LogP contribution in [0.2, 0.25) is 0 Å². The Balaban J connectivity index is 1.88. The summed E-state index contributed by atoms with van der Waals surface area (Å²) < 4.78 is 28.2. The average Bonchev–Trinajstić information content (AvgIpc) is 2.91. The molecule has 122 valence electrons. The lowest BCUT2D eigenvalue weighted by Crippen LogP contribution is -2.21. The minimum atomic E-state index is -3.29. The smallest absolute Gasteiger partial charge is 0.355 e. The first-order chi connectivity index (χ1) is 10.8. The first-order valence-electron chi connectivity index (χ1n) is 6.37. The fourth-order valence-electron chi connectivity index (χ4n) is 1.68. The molecule has 0 aliphatic carbocycles. The highest BCUT2D eigenvalue weighted by molar-refractivity contribution is 9.10. The summed E-state index contributed by atoms with van der Waals surface area (Å²) in [6, 6.07) is 7.21. The Bertz CT molecular complexity index is 827. The number of sulfone groups is 1. The number of amides is 1. The van der Waals surface area contributed by atoms with Gasteiger partial charge in [0.05, 0.1) is 4.90 Å². The Kier molecular flexibility index (Phi) is 5.22. The molecule has 0 bridgehead atoms. The number of hydrogen-bond acceptors (Lipinski definition) is 5. The maximum atomic E-state index is 11.7. The Hall–Kier alpha value is -2.13. The maximum Gasteiger partial charge on any atom is 0.355 e. The van der Waals surface area contributed by atoms with Crippen LogP contribution in [0.1, 0.15) is 10.5 Å². The monoisotopic (exact) mass is 400 g/mol. The van der Waals surface area contributed by atoms with Crippen molar-refractivity contribution in [2.75, 3.05) is 18.2 Å². The van der Waals surface area contributed by atoms with Crippen molar-refractivity contribution in [2.24, 2.45) is 0 Å². The SMILES string of the molecule is CS(=O)(=O)c1ccc(NC(=O)COC(=O)c2cc(Br)c[nH]2)cc1. The fraction of sp³-hybridized carbons (Fsp3) is 0.143. The highest BCUT2D eigenvalue weighted by atomic mass is 79.9. The van der Waals surface area contributed by atoms with Crippen molar-refractivity contribution in [3.8, 4) is 0 Å². The topological polar surface area (TPSA) is 105 Å². The van der Waals surface area contributed by atoms with Gasteiger partial charge in [0.2, 0.25) is 0 Å². The molecule has 2 rings (SSSR count). The third-order valence-electron chi connectivity index (χ3n) is 2.77. The zero-order chi connectivity index (χ0) is 17.0. The largest absolute Gasteiger partial charge is 0.451 e. The van der Waals surface area contributed by atoms with Crippen molar-refractivity contribution >= 4 is 43.3 Å². The van der Waals surface area contributed by atoms with Gasteiger partial charge in [0.25, 0.3) is 5.91 Å². The van der Waals surface area contributed by atoms with Crippen LogP contribution in [0.3, 0.4) is 0 Å². The van der Waals surface area contributed by atoms with Gasteiger partial charge in [0, 0.05) is 22.6 Å². The number of carbonyl (C=O) groups excluding carboxylic acids is 2. The zero-order valence-electron chi connectivity index (χ0n) is 12.0. The molecular formula is C14H13BrN2O5S. The Morgan fingerprint density at radius 3 is 2.43 bits per heavy atom. The lowest BCUT2D eigenvalue weighted by molar-refractivity contribution is -0.119. The number of halogens is 1. The van der Waals surface area contributed by atoms with E-state index in [0.29, 0.717) is 10.2 Å². The van der Waals surface area contributed by atoms with E-state index in [4.69, 9.17) is 4.74 Å². The molecule has 0 saturated heterocycles. The van der Waals surface area contributed by atoms with Crippen LogP contribution in [-0.2, 0) is 19.4 Å². The second-order valence-corrected chi connectivity index (χ2v) is 7.58. The van der Waals surface area contributed by atoms with E-state index in [1.807, 2.05) is 0 Å². The minimum Gasteiger partial charge on any atom is -0.451 e. The molecular weight excluding hydrogens is 388 g/mol. The summed E-state index contributed by atoms with van der Waals surface area (Å²) in [5.41, 5.74) is 0.628. The number of aromatic amines is 1. The minimum absolute atomic E-state index is 0.152. The predicted octanol–water partition coefficient (Wildman–Crippen LogP) is 1.98. The number of nitrogens with one attached hydrogen (secondary N) is 2. The molecule has 0 unspecified atom stereocenters. The first-order valence-corrected chi connectivity index (χ1v) is 9.05. The first kappa shape index (κ1) is 17.2. The molecule has 0 aliphatic heterocycles. The second-order valence-electron chi connectivity index (χ2n) is 4.65. The Morgan fingerprint density at radius 2 is 1.91 bits per heavy atom. The number of benzene rings is 1. The van der Waals surface area contributed by atoms with E-state index in [-0.39, 0.29) is 10.6 Å². The molecule has 7 nitrogen and oxygen atoms in total. The molecule has 0 aliphatic rings. The van der Waals surface area contributed by atoms with Crippen LogP contribution >= 0.6 is 15.9 Å². The van der Waals surface area contributed by atoms with Crippen LogP contribution < -0.4 is 5.32 Å². The number of rotatable bonds is 5. The van der Waals surface area contributed by atoms with E-state index < -0.39 is 28.3 Å². The van der Waals surface area contributed by atoms with Gasteiger partial charge >= 0.3 is 5.97 Å². The summed E-state index contributed by atoms with van der Waals surface area (Å²) in [6.45, 7) is -0.455. The standard InChI is InChI=1S/C14H13BrN2O5S/c1-23(20,21)11-4-2-10(3-5-11)17-13(18)8-22-14(19)12-6-9(15)7-16-12/h2-7,16H,8H2,1H3,(H,17,18). The predicted molar refractivity (Wildman–Crippen MR) is 87.0 cm³/mol. The Labute approximate surface area is 141 Å². The summed E-state index contributed by atoms with van der Waals surface area (Å²) in [5.74, 6) is -1.19. The molecule has 1 aromatic heterocycles. The molecule has 0 saturated carbocycles. The van der Waals surface area contributed by atoms with Crippen LogP contribution in [0.15, 0.2) is 45.9 Å². The third kappa shape index (κ3) is 4.93. The quantitative estimate of drug-likeness (QED) is 0.746. The van der Waals surface area contributed by atoms with Gasteiger partial charge in [0.15, 0.2) is 16.4 Å². The molecule has 23 heavy (non-hydrogen) atoms. The highest BCUT2D eigenvalue weighted by Gasteiger charge is 2.12. The van der Waals surface area contributed by atoms with Crippen molar-refractivity contribution < 1.29 is 22.7 Å². The van der Waals surface area contributed by atoms with E-state index in [1.165, 1.54) is 30.3 Å². The van der Waals surface area contributed by atoms with Gasteiger partial charge in [-0.05, 0) is 46.3 Å². The van der Waals surface area contributed by atoms with E-state index in [9.17, 15) is 18.0 Å². The van der Waals surface area contributed by atoms with Crippen LogP contribution in [0.25, 0.3) is 0 Å². The summed E-state index contributed by atoms with van der Waals surface area (Å²) in [5, 5.41) is 2.50. The zero-order valence-corrected chi connectivity index (χ0v) is 14.4. The van der Waals surface area contributed by atoms with Crippen LogP contribution in [0, 0.1) is 0 Å². The molecule has 0 spiro atoms. The number of H-pyrrole nitrogens is 1. The number of carbonyl (C=O) groups is 2. The number of aromatic nitrogens is 1. The molecule has 0 fully saturated rings. The molecule has 1 amide bonds. The van der Waals surface area contributed by atoms with Crippen molar-refractivity contribution in [2.45, 2.75) is 4.90 Å². The molecule has 1 heterocycles. The Morgan fingerprint density at radius 1 is 1.26 bits per heavy atom. The van der Waals surface area contributed by atoms with Crippen molar-refractivity contribution in [1.29, 1.82) is 0 Å². The van der Waals surface area contributed by atoms with E-state index >= 15 is 0 Å².